The summed E-state index contributed by atoms with van der Waals surface area (Å²) in [5.74, 6) is 1.75. The summed E-state index contributed by atoms with van der Waals surface area (Å²) in [7, 11) is 0. The Hall–Kier alpha value is -1.97. The van der Waals surface area contributed by atoms with E-state index in [1.807, 2.05) is 25.1 Å². The van der Waals surface area contributed by atoms with Gasteiger partial charge in [0.1, 0.15) is 11.6 Å². The molecule has 0 saturated heterocycles. The summed E-state index contributed by atoms with van der Waals surface area (Å²) in [6, 6.07) is 5.86. The highest BCUT2D eigenvalue weighted by Gasteiger charge is 2.11. The van der Waals surface area contributed by atoms with Crippen molar-refractivity contribution in [1.29, 1.82) is 0 Å². The molecule has 0 radical (unpaired) electrons. The third-order valence-electron chi connectivity index (χ3n) is 2.76. The highest BCUT2D eigenvalue weighted by atomic mass is 15.0. The van der Waals surface area contributed by atoms with Crippen molar-refractivity contribution in [2.45, 2.75) is 27.2 Å². The lowest BCUT2D eigenvalue weighted by Gasteiger charge is -2.12. The number of hydrogen-bond donors (Lipinski definition) is 1. The van der Waals surface area contributed by atoms with Gasteiger partial charge in [0, 0.05) is 24.7 Å². The van der Waals surface area contributed by atoms with Gasteiger partial charge >= 0.3 is 0 Å². The minimum Gasteiger partial charge on any atom is -0.370 e. The average molecular weight is 242 g/mol. The summed E-state index contributed by atoms with van der Waals surface area (Å²) in [6.45, 7) is 7.00. The molecule has 0 saturated carbocycles. The van der Waals surface area contributed by atoms with E-state index in [0.717, 1.165) is 41.6 Å². The summed E-state index contributed by atoms with van der Waals surface area (Å²) in [4.78, 5) is 13.5. The third kappa shape index (κ3) is 2.47. The molecule has 2 aromatic rings. The molecule has 94 valence electrons. The molecule has 4 nitrogen and oxygen atoms in total. The van der Waals surface area contributed by atoms with E-state index < -0.39 is 0 Å². The predicted octanol–water partition coefficient (Wildman–Crippen LogP) is 2.84. The fourth-order valence-electron chi connectivity index (χ4n) is 1.81. The first-order valence-corrected chi connectivity index (χ1v) is 6.29. The molecule has 0 amide bonds. The van der Waals surface area contributed by atoms with Gasteiger partial charge in [0.25, 0.3) is 0 Å². The van der Waals surface area contributed by atoms with Gasteiger partial charge in [0.15, 0.2) is 0 Å². The molecule has 2 aromatic heterocycles. The van der Waals surface area contributed by atoms with Crippen LogP contribution in [0.3, 0.4) is 0 Å². The normalized spacial score (nSPS) is 10.4. The van der Waals surface area contributed by atoms with E-state index in [4.69, 9.17) is 0 Å². The summed E-state index contributed by atoms with van der Waals surface area (Å²) in [5.41, 5.74) is 2.86. The molecule has 0 bridgehead atoms. The number of aromatic nitrogens is 3. The van der Waals surface area contributed by atoms with Gasteiger partial charge in [-0.15, -0.1) is 0 Å². The molecule has 0 spiro atoms. The number of nitrogens with zero attached hydrogens (tertiary/aromatic N) is 3. The zero-order chi connectivity index (χ0) is 13.0. The van der Waals surface area contributed by atoms with Gasteiger partial charge in [-0.2, -0.15) is 0 Å². The second-order valence-corrected chi connectivity index (χ2v) is 4.06. The molecule has 0 fully saturated rings. The largest absolute Gasteiger partial charge is 0.370 e. The van der Waals surface area contributed by atoms with Crippen molar-refractivity contribution in [2.24, 2.45) is 0 Å². The lowest BCUT2D eigenvalue weighted by Crippen LogP contribution is -2.07. The Labute approximate surface area is 108 Å². The van der Waals surface area contributed by atoms with Gasteiger partial charge in [-0.05, 0) is 26.0 Å². The fraction of sp³-hybridized carbons (Fsp3) is 0.357. The van der Waals surface area contributed by atoms with Crippen LogP contribution in [-0.4, -0.2) is 21.5 Å². The Balaban J connectivity index is 2.55. The molecule has 0 atom stereocenters. The number of rotatable bonds is 4. The molecule has 4 heteroatoms. The zero-order valence-electron chi connectivity index (χ0n) is 11.1. The van der Waals surface area contributed by atoms with E-state index in [0.29, 0.717) is 0 Å². The van der Waals surface area contributed by atoms with Crippen LogP contribution in [0.25, 0.3) is 11.4 Å². The van der Waals surface area contributed by atoms with Crippen molar-refractivity contribution in [3.05, 3.63) is 35.8 Å². The SMILES string of the molecule is CCNc1nc(CC)nc(-c2ccccn2)c1C. The van der Waals surface area contributed by atoms with E-state index in [-0.39, 0.29) is 0 Å². The van der Waals surface area contributed by atoms with Crippen molar-refractivity contribution < 1.29 is 0 Å². The maximum atomic E-state index is 4.59. The molecule has 0 unspecified atom stereocenters. The van der Waals surface area contributed by atoms with Gasteiger partial charge in [0.05, 0.1) is 11.4 Å². The smallest absolute Gasteiger partial charge is 0.133 e. The summed E-state index contributed by atoms with van der Waals surface area (Å²) >= 11 is 0. The summed E-state index contributed by atoms with van der Waals surface area (Å²) in [6.07, 6.45) is 2.61. The van der Waals surface area contributed by atoms with Gasteiger partial charge in [-0.1, -0.05) is 13.0 Å². The highest BCUT2D eigenvalue weighted by molar-refractivity contribution is 5.65. The first-order chi connectivity index (χ1) is 8.76. The first kappa shape index (κ1) is 12.5. The lowest BCUT2D eigenvalue weighted by atomic mass is 10.1. The molecule has 0 aliphatic rings. The molecule has 0 aliphatic heterocycles. The van der Waals surface area contributed by atoms with E-state index in [1.165, 1.54) is 0 Å². The van der Waals surface area contributed by atoms with E-state index in [9.17, 15) is 0 Å². The maximum absolute atomic E-state index is 4.59. The van der Waals surface area contributed by atoms with Gasteiger partial charge in [-0.3, -0.25) is 4.98 Å². The van der Waals surface area contributed by atoms with Crippen LogP contribution >= 0.6 is 0 Å². The molecular formula is C14H18N4. The van der Waals surface area contributed by atoms with Crippen molar-refractivity contribution in [2.75, 3.05) is 11.9 Å². The highest BCUT2D eigenvalue weighted by Crippen LogP contribution is 2.24. The number of aryl methyl sites for hydroxylation is 1. The number of pyridine rings is 1. The van der Waals surface area contributed by atoms with E-state index >= 15 is 0 Å². The second kappa shape index (κ2) is 5.58. The minimum atomic E-state index is 0.818. The predicted molar refractivity (Wildman–Crippen MR) is 73.5 cm³/mol. The fourth-order valence-corrected chi connectivity index (χ4v) is 1.81. The Bertz CT molecular complexity index is 523. The van der Waals surface area contributed by atoms with Gasteiger partial charge in [0.2, 0.25) is 0 Å². The number of hydrogen-bond acceptors (Lipinski definition) is 4. The van der Waals surface area contributed by atoms with Crippen LogP contribution in [0.2, 0.25) is 0 Å². The molecule has 2 rings (SSSR count). The number of anilines is 1. The minimum absolute atomic E-state index is 0.818. The van der Waals surface area contributed by atoms with Crippen LogP contribution < -0.4 is 5.32 Å². The Morgan fingerprint density at radius 1 is 1.17 bits per heavy atom. The first-order valence-electron chi connectivity index (χ1n) is 6.29. The van der Waals surface area contributed by atoms with Crippen LogP contribution in [0.4, 0.5) is 5.82 Å². The van der Waals surface area contributed by atoms with Crippen molar-refractivity contribution in [3.8, 4) is 11.4 Å². The van der Waals surface area contributed by atoms with Gasteiger partial charge < -0.3 is 5.32 Å². The van der Waals surface area contributed by atoms with E-state index in [2.05, 4.69) is 34.1 Å². The monoisotopic (exact) mass is 242 g/mol. The zero-order valence-corrected chi connectivity index (χ0v) is 11.1. The Morgan fingerprint density at radius 2 is 2.00 bits per heavy atom. The third-order valence-corrected chi connectivity index (χ3v) is 2.76. The molecule has 18 heavy (non-hydrogen) atoms. The molecule has 0 aromatic carbocycles. The lowest BCUT2D eigenvalue weighted by molar-refractivity contribution is 0.927. The van der Waals surface area contributed by atoms with Crippen LogP contribution in [0.15, 0.2) is 24.4 Å². The van der Waals surface area contributed by atoms with Crippen molar-refractivity contribution in [3.63, 3.8) is 0 Å². The standard InChI is InChI=1S/C14H18N4/c1-4-12-17-13(11-8-6-7-9-16-11)10(3)14(18-12)15-5-2/h6-9H,4-5H2,1-3H3,(H,15,17,18). The molecule has 2 heterocycles. The van der Waals surface area contributed by atoms with Gasteiger partial charge in [-0.25, -0.2) is 9.97 Å². The van der Waals surface area contributed by atoms with Crippen molar-refractivity contribution >= 4 is 5.82 Å². The Morgan fingerprint density at radius 3 is 2.61 bits per heavy atom. The maximum Gasteiger partial charge on any atom is 0.133 e. The molecule has 1 N–H and O–H groups in total. The van der Waals surface area contributed by atoms with Crippen LogP contribution in [0.5, 0.6) is 0 Å². The quantitative estimate of drug-likeness (QED) is 0.895. The van der Waals surface area contributed by atoms with E-state index in [1.54, 1.807) is 6.20 Å². The molecular weight excluding hydrogens is 224 g/mol. The second-order valence-electron chi connectivity index (χ2n) is 4.06. The van der Waals surface area contributed by atoms with Crippen LogP contribution in [0, 0.1) is 6.92 Å². The number of nitrogens with one attached hydrogen (secondary N) is 1. The van der Waals surface area contributed by atoms with Crippen LogP contribution in [-0.2, 0) is 6.42 Å². The molecule has 0 aliphatic carbocycles. The van der Waals surface area contributed by atoms with Crippen molar-refractivity contribution in [1.82, 2.24) is 15.0 Å². The summed E-state index contributed by atoms with van der Waals surface area (Å²) in [5, 5.41) is 3.28. The van der Waals surface area contributed by atoms with Crippen LogP contribution in [0.1, 0.15) is 25.2 Å². The topological polar surface area (TPSA) is 50.7 Å². The Kier molecular flexibility index (Phi) is 3.87. The summed E-state index contributed by atoms with van der Waals surface area (Å²) < 4.78 is 0. The average Bonchev–Trinajstić information content (AvgIpc) is 2.42.